The second kappa shape index (κ2) is 3.99. The predicted molar refractivity (Wildman–Crippen MR) is 56.4 cm³/mol. The van der Waals surface area contributed by atoms with Crippen molar-refractivity contribution in [1.29, 1.82) is 0 Å². The van der Waals surface area contributed by atoms with Gasteiger partial charge in [-0.25, -0.2) is 0 Å². The zero-order chi connectivity index (χ0) is 10.0. The predicted octanol–water partition coefficient (Wildman–Crippen LogP) is 3.53. The first kappa shape index (κ1) is 10.4. The van der Waals surface area contributed by atoms with E-state index in [4.69, 9.17) is 4.74 Å². The summed E-state index contributed by atoms with van der Waals surface area (Å²) in [6.07, 6.45) is 1.07. The normalized spacial score (nSPS) is 18.5. The molecule has 0 unspecified atom stereocenters. The van der Waals surface area contributed by atoms with Crippen molar-refractivity contribution in [2.75, 3.05) is 6.61 Å². The van der Waals surface area contributed by atoms with E-state index in [2.05, 4.69) is 34.3 Å². The average molecular weight is 180 g/mol. The van der Waals surface area contributed by atoms with Gasteiger partial charge in [-0.3, -0.25) is 0 Å². The van der Waals surface area contributed by atoms with Crippen LogP contribution in [0.15, 0.2) is 23.5 Å². The van der Waals surface area contributed by atoms with Crippen molar-refractivity contribution in [2.45, 2.75) is 34.1 Å². The van der Waals surface area contributed by atoms with Crippen LogP contribution in [0.5, 0.6) is 0 Å². The standard InChI is InChI=1S/C12H20O/c1-8(2)11-6-7-13-10(5)12(11)9(3)4/h8-9H,5-7H2,1-4H3. The van der Waals surface area contributed by atoms with Crippen LogP contribution in [0, 0.1) is 11.8 Å². The van der Waals surface area contributed by atoms with Crippen LogP contribution in [-0.2, 0) is 4.74 Å². The van der Waals surface area contributed by atoms with E-state index in [1.807, 2.05) is 0 Å². The molecule has 0 atom stereocenters. The van der Waals surface area contributed by atoms with Gasteiger partial charge in [0.2, 0.25) is 0 Å². The minimum atomic E-state index is 0.533. The Morgan fingerprint density at radius 3 is 2.15 bits per heavy atom. The lowest BCUT2D eigenvalue weighted by atomic mass is 9.86. The SMILES string of the molecule is C=C1OCCC(C(C)C)=C1C(C)C. The highest BCUT2D eigenvalue weighted by Crippen LogP contribution is 2.33. The van der Waals surface area contributed by atoms with Crippen molar-refractivity contribution in [3.05, 3.63) is 23.5 Å². The third-order valence-corrected chi connectivity index (χ3v) is 2.57. The monoisotopic (exact) mass is 180 g/mol. The maximum absolute atomic E-state index is 5.48. The van der Waals surface area contributed by atoms with Gasteiger partial charge < -0.3 is 4.74 Å². The summed E-state index contributed by atoms with van der Waals surface area (Å²) >= 11 is 0. The van der Waals surface area contributed by atoms with Gasteiger partial charge in [-0.1, -0.05) is 39.8 Å². The average Bonchev–Trinajstić information content (AvgIpc) is 2.02. The summed E-state index contributed by atoms with van der Waals surface area (Å²) in [6.45, 7) is 13.7. The molecule has 0 saturated carbocycles. The largest absolute Gasteiger partial charge is 0.494 e. The molecule has 1 heterocycles. The molecule has 13 heavy (non-hydrogen) atoms. The van der Waals surface area contributed by atoms with Gasteiger partial charge in [0.25, 0.3) is 0 Å². The molecule has 1 heteroatoms. The van der Waals surface area contributed by atoms with Crippen LogP contribution in [-0.4, -0.2) is 6.61 Å². The van der Waals surface area contributed by atoms with Crippen LogP contribution in [0.3, 0.4) is 0 Å². The van der Waals surface area contributed by atoms with E-state index in [0.717, 1.165) is 18.8 Å². The van der Waals surface area contributed by atoms with Crippen LogP contribution in [0.4, 0.5) is 0 Å². The van der Waals surface area contributed by atoms with Crippen molar-refractivity contribution < 1.29 is 4.74 Å². The second-order valence-electron chi connectivity index (χ2n) is 4.27. The Kier molecular flexibility index (Phi) is 3.18. The molecule has 0 bridgehead atoms. The summed E-state index contributed by atoms with van der Waals surface area (Å²) in [5, 5.41) is 0. The fraction of sp³-hybridized carbons (Fsp3) is 0.667. The Labute approximate surface area is 81.5 Å². The minimum Gasteiger partial charge on any atom is -0.494 e. The molecule has 74 valence electrons. The Hall–Kier alpha value is -0.720. The van der Waals surface area contributed by atoms with Crippen molar-refractivity contribution in [1.82, 2.24) is 0 Å². The molecule has 0 radical (unpaired) electrons. The molecule has 1 nitrogen and oxygen atoms in total. The second-order valence-corrected chi connectivity index (χ2v) is 4.27. The fourth-order valence-corrected chi connectivity index (χ4v) is 1.97. The van der Waals surface area contributed by atoms with Gasteiger partial charge in [-0.2, -0.15) is 0 Å². The Morgan fingerprint density at radius 1 is 1.15 bits per heavy atom. The molecule has 0 aliphatic carbocycles. The molecular formula is C12H20O. The number of allylic oxidation sites excluding steroid dienone is 1. The molecule has 0 spiro atoms. The quantitative estimate of drug-likeness (QED) is 0.631. The van der Waals surface area contributed by atoms with Crippen LogP contribution in [0.25, 0.3) is 0 Å². The topological polar surface area (TPSA) is 9.23 Å². The van der Waals surface area contributed by atoms with E-state index >= 15 is 0 Å². The van der Waals surface area contributed by atoms with Gasteiger partial charge in [-0.05, 0) is 17.4 Å². The van der Waals surface area contributed by atoms with Crippen LogP contribution in [0.2, 0.25) is 0 Å². The maximum Gasteiger partial charge on any atom is 0.115 e. The van der Waals surface area contributed by atoms with E-state index in [1.54, 1.807) is 0 Å². The zero-order valence-electron chi connectivity index (χ0n) is 9.18. The summed E-state index contributed by atoms with van der Waals surface area (Å²) in [7, 11) is 0. The molecule has 0 N–H and O–H groups in total. The van der Waals surface area contributed by atoms with E-state index < -0.39 is 0 Å². The summed E-state index contributed by atoms with van der Waals surface area (Å²) in [5.74, 6) is 2.05. The van der Waals surface area contributed by atoms with Crippen molar-refractivity contribution in [2.24, 2.45) is 11.8 Å². The Bertz CT molecular complexity index is 234. The third kappa shape index (κ3) is 2.15. The molecule has 0 aromatic heterocycles. The van der Waals surface area contributed by atoms with Crippen molar-refractivity contribution in [3.63, 3.8) is 0 Å². The molecule has 0 fully saturated rings. The maximum atomic E-state index is 5.48. The fourth-order valence-electron chi connectivity index (χ4n) is 1.97. The molecule has 1 rings (SSSR count). The Balaban J connectivity index is 3.04. The smallest absolute Gasteiger partial charge is 0.115 e. The highest BCUT2D eigenvalue weighted by molar-refractivity contribution is 5.34. The first-order valence-corrected chi connectivity index (χ1v) is 5.09. The molecule has 1 aliphatic heterocycles. The lowest BCUT2D eigenvalue weighted by Crippen LogP contribution is -2.15. The highest BCUT2D eigenvalue weighted by Gasteiger charge is 2.21. The van der Waals surface area contributed by atoms with Gasteiger partial charge in [0.15, 0.2) is 0 Å². The number of hydrogen-bond acceptors (Lipinski definition) is 1. The summed E-state index contributed by atoms with van der Waals surface area (Å²) < 4.78 is 5.48. The minimum absolute atomic E-state index is 0.533. The van der Waals surface area contributed by atoms with Crippen LogP contribution in [0.1, 0.15) is 34.1 Å². The zero-order valence-corrected chi connectivity index (χ0v) is 9.18. The van der Waals surface area contributed by atoms with Crippen molar-refractivity contribution >= 4 is 0 Å². The number of ether oxygens (including phenoxy) is 1. The first-order chi connectivity index (χ1) is 6.04. The molecule has 0 aromatic carbocycles. The van der Waals surface area contributed by atoms with E-state index in [-0.39, 0.29) is 0 Å². The molecular weight excluding hydrogens is 160 g/mol. The first-order valence-electron chi connectivity index (χ1n) is 5.09. The summed E-state index contributed by atoms with van der Waals surface area (Å²) in [4.78, 5) is 0. The molecule has 0 amide bonds. The van der Waals surface area contributed by atoms with Crippen LogP contribution >= 0.6 is 0 Å². The van der Waals surface area contributed by atoms with E-state index in [9.17, 15) is 0 Å². The Morgan fingerprint density at radius 2 is 1.77 bits per heavy atom. The van der Waals surface area contributed by atoms with Gasteiger partial charge >= 0.3 is 0 Å². The third-order valence-electron chi connectivity index (χ3n) is 2.57. The van der Waals surface area contributed by atoms with Crippen LogP contribution < -0.4 is 0 Å². The number of rotatable bonds is 2. The molecule has 0 aromatic rings. The van der Waals surface area contributed by atoms with Gasteiger partial charge in [0.1, 0.15) is 5.76 Å². The van der Waals surface area contributed by atoms with E-state index in [0.29, 0.717) is 11.8 Å². The summed E-state index contributed by atoms with van der Waals surface area (Å²) in [6, 6.07) is 0. The molecule has 0 saturated heterocycles. The van der Waals surface area contributed by atoms with Gasteiger partial charge in [0, 0.05) is 6.42 Å². The molecule has 1 aliphatic rings. The van der Waals surface area contributed by atoms with E-state index in [1.165, 1.54) is 11.1 Å². The van der Waals surface area contributed by atoms with Crippen molar-refractivity contribution in [3.8, 4) is 0 Å². The number of hydrogen-bond donors (Lipinski definition) is 0. The summed E-state index contributed by atoms with van der Waals surface area (Å²) in [5.41, 5.74) is 2.88. The lowest BCUT2D eigenvalue weighted by molar-refractivity contribution is 0.202. The highest BCUT2D eigenvalue weighted by atomic mass is 16.5. The van der Waals surface area contributed by atoms with Gasteiger partial charge in [-0.15, -0.1) is 0 Å². The van der Waals surface area contributed by atoms with Gasteiger partial charge in [0.05, 0.1) is 6.61 Å². The lowest BCUT2D eigenvalue weighted by Gasteiger charge is -2.27.